The molecule has 2 rings (SSSR count). The normalized spacial score (nSPS) is 15.7. The van der Waals surface area contributed by atoms with Gasteiger partial charge in [-0.3, -0.25) is 4.79 Å². The molecule has 0 spiro atoms. The van der Waals surface area contributed by atoms with Crippen molar-refractivity contribution in [3.05, 3.63) is 71.8 Å². The molecule has 0 radical (unpaired) electrons. The molecular weight excluding hydrogens is 322 g/mol. The Balaban J connectivity index is 2.14. The van der Waals surface area contributed by atoms with Gasteiger partial charge in [0, 0.05) is 13.0 Å². The molecular formula is C23H31NO2. The summed E-state index contributed by atoms with van der Waals surface area (Å²) in [6, 6.07) is 19.5. The average molecular weight is 354 g/mol. The average Bonchev–Trinajstić information content (AvgIpc) is 2.70. The third-order valence-corrected chi connectivity index (χ3v) is 5.38. The van der Waals surface area contributed by atoms with Gasteiger partial charge in [0.05, 0.1) is 12.1 Å². The second-order valence-electron chi connectivity index (χ2n) is 7.14. The van der Waals surface area contributed by atoms with Crippen molar-refractivity contribution in [1.29, 1.82) is 0 Å². The maximum absolute atomic E-state index is 13.1. The predicted octanol–water partition coefficient (Wildman–Crippen LogP) is 4.79. The fourth-order valence-electron chi connectivity index (χ4n) is 3.55. The molecule has 0 saturated heterocycles. The second-order valence-corrected chi connectivity index (χ2v) is 7.14. The summed E-state index contributed by atoms with van der Waals surface area (Å²) in [6.45, 7) is 6.06. The Morgan fingerprint density at radius 3 is 1.96 bits per heavy atom. The third kappa shape index (κ3) is 4.73. The Bertz CT molecular complexity index is 671. The minimum atomic E-state index is -0.696. The molecule has 1 amide bonds. The molecule has 2 aromatic carbocycles. The van der Waals surface area contributed by atoms with Crippen molar-refractivity contribution in [3.63, 3.8) is 0 Å². The first-order chi connectivity index (χ1) is 12.5. The quantitative estimate of drug-likeness (QED) is 0.741. The summed E-state index contributed by atoms with van der Waals surface area (Å²) in [5, 5.41) is 10.7. The van der Waals surface area contributed by atoms with E-state index in [-0.39, 0.29) is 23.8 Å². The van der Waals surface area contributed by atoms with Crippen LogP contribution >= 0.6 is 0 Å². The summed E-state index contributed by atoms with van der Waals surface area (Å²) in [5.41, 5.74) is 2.04. The zero-order valence-electron chi connectivity index (χ0n) is 16.3. The molecule has 0 fully saturated rings. The smallest absolute Gasteiger partial charge is 0.226 e. The van der Waals surface area contributed by atoms with Crippen molar-refractivity contribution < 1.29 is 9.90 Å². The molecule has 1 N–H and O–H groups in total. The van der Waals surface area contributed by atoms with Crippen LogP contribution in [0.5, 0.6) is 0 Å². The highest BCUT2D eigenvalue weighted by Gasteiger charge is 2.31. The molecule has 3 heteroatoms. The molecule has 0 aliphatic carbocycles. The van der Waals surface area contributed by atoms with Crippen LogP contribution in [-0.2, 0) is 4.79 Å². The lowest BCUT2D eigenvalue weighted by molar-refractivity contribution is -0.138. The topological polar surface area (TPSA) is 40.5 Å². The van der Waals surface area contributed by atoms with Crippen molar-refractivity contribution in [2.45, 2.75) is 51.7 Å². The van der Waals surface area contributed by atoms with E-state index in [1.807, 2.05) is 62.4 Å². The lowest BCUT2D eigenvalue weighted by Crippen LogP contribution is -2.43. The largest absolute Gasteiger partial charge is 0.386 e. The van der Waals surface area contributed by atoms with Crippen LogP contribution in [0.15, 0.2) is 60.7 Å². The first-order valence-electron chi connectivity index (χ1n) is 9.52. The molecule has 140 valence electrons. The highest BCUT2D eigenvalue weighted by atomic mass is 16.3. The number of carbonyl (C=O) groups excluding carboxylic acids is 1. The van der Waals surface area contributed by atoms with E-state index >= 15 is 0 Å². The monoisotopic (exact) mass is 353 g/mol. The van der Waals surface area contributed by atoms with Gasteiger partial charge in [-0.25, -0.2) is 0 Å². The Labute approximate surface area is 157 Å². The number of hydrogen-bond donors (Lipinski definition) is 1. The Morgan fingerprint density at radius 2 is 1.46 bits per heavy atom. The maximum atomic E-state index is 13.1. The van der Waals surface area contributed by atoms with Crippen LogP contribution in [-0.4, -0.2) is 29.0 Å². The van der Waals surface area contributed by atoms with Gasteiger partial charge in [0.2, 0.25) is 5.91 Å². The zero-order valence-corrected chi connectivity index (χ0v) is 16.3. The minimum Gasteiger partial charge on any atom is -0.386 e. The van der Waals surface area contributed by atoms with Gasteiger partial charge in [-0.15, -0.1) is 0 Å². The molecule has 26 heavy (non-hydrogen) atoms. The zero-order chi connectivity index (χ0) is 19.1. The molecule has 0 heterocycles. The van der Waals surface area contributed by atoms with E-state index in [1.54, 1.807) is 11.9 Å². The highest BCUT2D eigenvalue weighted by molar-refractivity contribution is 5.79. The van der Waals surface area contributed by atoms with Crippen LogP contribution in [0.2, 0.25) is 0 Å². The number of hydrogen-bond acceptors (Lipinski definition) is 2. The summed E-state index contributed by atoms with van der Waals surface area (Å²) < 4.78 is 0. The van der Waals surface area contributed by atoms with Gasteiger partial charge in [-0.05, 0) is 30.4 Å². The number of benzene rings is 2. The lowest BCUT2D eigenvalue weighted by Gasteiger charge is -2.33. The predicted molar refractivity (Wildman–Crippen MR) is 107 cm³/mol. The molecule has 0 saturated carbocycles. The molecule has 0 unspecified atom stereocenters. The molecule has 2 aromatic rings. The van der Waals surface area contributed by atoms with Gasteiger partial charge in [-0.1, -0.05) is 80.9 Å². The Morgan fingerprint density at radius 1 is 0.962 bits per heavy atom. The molecule has 0 bridgehead atoms. The van der Waals surface area contributed by atoms with Crippen LogP contribution in [0.1, 0.15) is 56.8 Å². The standard InChI is InChI=1S/C23H31NO2/c1-5-12-21(19-13-8-6-9-14-19)17(2)23(26)24(4)18(3)22(25)20-15-10-7-11-16-20/h6-11,13-18,21-22,25H,5,12H2,1-4H3/t17-,18-,21+,22+/m0/s1. The molecule has 3 nitrogen and oxygen atoms in total. The number of rotatable bonds is 8. The fourth-order valence-corrected chi connectivity index (χ4v) is 3.55. The van der Waals surface area contributed by atoms with Crippen molar-refractivity contribution in [1.82, 2.24) is 4.90 Å². The number of aliphatic hydroxyl groups is 1. The second kappa shape index (κ2) is 9.54. The summed E-state index contributed by atoms with van der Waals surface area (Å²) >= 11 is 0. The van der Waals surface area contributed by atoms with Crippen LogP contribution in [0.4, 0.5) is 0 Å². The van der Waals surface area contributed by atoms with E-state index < -0.39 is 6.10 Å². The van der Waals surface area contributed by atoms with E-state index in [0.29, 0.717) is 0 Å². The van der Waals surface area contributed by atoms with Gasteiger partial charge in [0.25, 0.3) is 0 Å². The number of carbonyl (C=O) groups is 1. The van der Waals surface area contributed by atoms with Gasteiger partial charge < -0.3 is 10.0 Å². The molecule has 0 aliphatic heterocycles. The highest BCUT2D eigenvalue weighted by Crippen LogP contribution is 2.31. The van der Waals surface area contributed by atoms with E-state index in [1.165, 1.54) is 5.56 Å². The number of nitrogens with zero attached hydrogens (tertiary/aromatic N) is 1. The van der Waals surface area contributed by atoms with Crippen LogP contribution < -0.4 is 0 Å². The van der Waals surface area contributed by atoms with E-state index in [4.69, 9.17) is 0 Å². The SMILES string of the molecule is CCC[C@@H](c1ccccc1)[C@H](C)C(=O)N(C)[C@@H](C)[C@@H](O)c1ccccc1. The summed E-state index contributed by atoms with van der Waals surface area (Å²) in [4.78, 5) is 14.8. The van der Waals surface area contributed by atoms with Crippen LogP contribution in [0.3, 0.4) is 0 Å². The molecule has 4 atom stereocenters. The van der Waals surface area contributed by atoms with Gasteiger partial charge in [0.1, 0.15) is 0 Å². The van der Waals surface area contributed by atoms with Gasteiger partial charge >= 0.3 is 0 Å². The summed E-state index contributed by atoms with van der Waals surface area (Å²) in [7, 11) is 1.80. The lowest BCUT2D eigenvalue weighted by atomic mass is 9.83. The first kappa shape index (κ1) is 20.2. The Kier molecular flexibility index (Phi) is 7.40. The van der Waals surface area contributed by atoms with Crippen molar-refractivity contribution in [3.8, 4) is 0 Å². The number of aliphatic hydroxyl groups excluding tert-OH is 1. The number of amides is 1. The maximum Gasteiger partial charge on any atom is 0.226 e. The number of likely N-dealkylation sites (N-methyl/N-ethyl adjacent to an activating group) is 1. The van der Waals surface area contributed by atoms with Gasteiger partial charge in [0.15, 0.2) is 0 Å². The van der Waals surface area contributed by atoms with Gasteiger partial charge in [-0.2, -0.15) is 0 Å². The van der Waals surface area contributed by atoms with E-state index in [0.717, 1.165) is 18.4 Å². The minimum absolute atomic E-state index is 0.0785. The van der Waals surface area contributed by atoms with Crippen LogP contribution in [0, 0.1) is 5.92 Å². The van der Waals surface area contributed by atoms with Crippen LogP contribution in [0.25, 0.3) is 0 Å². The fraction of sp³-hybridized carbons (Fsp3) is 0.435. The van der Waals surface area contributed by atoms with Crippen molar-refractivity contribution in [2.24, 2.45) is 5.92 Å². The Hall–Kier alpha value is -2.13. The molecule has 0 aliphatic rings. The first-order valence-corrected chi connectivity index (χ1v) is 9.52. The summed E-state index contributed by atoms with van der Waals surface area (Å²) in [6.07, 6.45) is 1.31. The van der Waals surface area contributed by atoms with E-state index in [9.17, 15) is 9.90 Å². The van der Waals surface area contributed by atoms with E-state index in [2.05, 4.69) is 19.1 Å². The third-order valence-electron chi connectivity index (χ3n) is 5.38. The summed E-state index contributed by atoms with van der Waals surface area (Å²) in [5.74, 6) is 0.139. The van der Waals surface area contributed by atoms with Crippen molar-refractivity contribution >= 4 is 5.91 Å². The molecule has 0 aromatic heterocycles. The van der Waals surface area contributed by atoms with Crippen molar-refractivity contribution in [2.75, 3.05) is 7.05 Å².